The van der Waals surface area contributed by atoms with E-state index in [4.69, 9.17) is 4.74 Å². The number of hydrogen-bond donors (Lipinski definition) is 1. The van der Waals surface area contributed by atoms with Crippen molar-refractivity contribution in [1.82, 2.24) is 9.21 Å². The first-order chi connectivity index (χ1) is 16.3. The lowest BCUT2D eigenvalue weighted by Gasteiger charge is -2.61. The Kier molecular flexibility index (Phi) is 5.65. The van der Waals surface area contributed by atoms with E-state index in [0.717, 1.165) is 11.8 Å². The van der Waals surface area contributed by atoms with E-state index < -0.39 is 45.8 Å². The standard InChI is InChI=1S/C25H32N2O6S/c1-3-4-5-11-24(16-29)13-18-14-26-23(30)33-21(15-28)25(26)20(18)10-12-27(22(24)25)34(31,32)19-8-6-17(2)7-9-19/h3,6-9,16,18,20-22,28H,1,4-5,10-15H2,2H3/t18?,20?,21-,22?,24?,25?/m1/s1. The SMILES string of the molecule is C=CCCCC1(C=O)CC2CN3C(=O)O[C@H](CO)C34C2CCN(S(=O)(=O)c2ccc(C)cc2)C14. The summed E-state index contributed by atoms with van der Waals surface area (Å²) in [4.78, 5) is 27.7. The predicted molar refractivity (Wildman–Crippen MR) is 124 cm³/mol. The minimum Gasteiger partial charge on any atom is -0.441 e. The Balaban J connectivity index is 1.70. The number of rotatable bonds is 8. The van der Waals surface area contributed by atoms with Gasteiger partial charge in [-0.3, -0.25) is 4.90 Å². The number of aliphatic hydroxyl groups excluding tert-OH is 1. The first kappa shape index (κ1) is 23.5. The fraction of sp³-hybridized carbons (Fsp3) is 0.600. The van der Waals surface area contributed by atoms with E-state index >= 15 is 0 Å². The van der Waals surface area contributed by atoms with Crippen molar-refractivity contribution in [2.75, 3.05) is 19.7 Å². The number of hydrogen-bond acceptors (Lipinski definition) is 6. The van der Waals surface area contributed by atoms with Crippen molar-refractivity contribution < 1.29 is 27.9 Å². The number of benzene rings is 1. The molecule has 0 radical (unpaired) electrons. The molecule has 1 saturated carbocycles. The van der Waals surface area contributed by atoms with Crippen LogP contribution in [0.1, 0.15) is 37.7 Å². The van der Waals surface area contributed by atoms with Gasteiger partial charge in [-0.05, 0) is 63.0 Å². The number of cyclic esters (lactones) is 1. The number of nitrogens with zero attached hydrogens (tertiary/aromatic N) is 2. The molecule has 34 heavy (non-hydrogen) atoms. The van der Waals surface area contributed by atoms with E-state index in [1.807, 2.05) is 6.92 Å². The number of carbonyl (C=O) groups excluding carboxylic acids is 2. The zero-order chi connectivity index (χ0) is 24.3. The van der Waals surface area contributed by atoms with Gasteiger partial charge in [-0.1, -0.05) is 23.8 Å². The van der Waals surface area contributed by atoms with Crippen LogP contribution in [0.5, 0.6) is 0 Å². The molecule has 1 aromatic rings. The van der Waals surface area contributed by atoms with Crippen LogP contribution in [0.2, 0.25) is 0 Å². The van der Waals surface area contributed by atoms with Gasteiger partial charge in [-0.15, -0.1) is 6.58 Å². The molecule has 5 rings (SSSR count). The number of aldehydes is 1. The van der Waals surface area contributed by atoms with E-state index in [9.17, 15) is 23.1 Å². The molecule has 3 saturated heterocycles. The lowest BCUT2D eigenvalue weighted by Crippen LogP contribution is -2.76. The van der Waals surface area contributed by atoms with Crippen molar-refractivity contribution in [3.05, 3.63) is 42.5 Å². The zero-order valence-corrected chi connectivity index (χ0v) is 20.2. The number of sulfonamides is 1. The van der Waals surface area contributed by atoms with Crippen LogP contribution in [-0.2, 0) is 19.6 Å². The predicted octanol–water partition coefficient (Wildman–Crippen LogP) is 2.50. The Labute approximate surface area is 200 Å². The third-order valence-corrected chi connectivity index (χ3v) is 10.6. The van der Waals surface area contributed by atoms with Gasteiger partial charge in [-0.2, -0.15) is 4.31 Å². The van der Waals surface area contributed by atoms with Crippen molar-refractivity contribution in [3.63, 3.8) is 0 Å². The molecule has 1 aliphatic carbocycles. The van der Waals surface area contributed by atoms with Crippen LogP contribution in [0.4, 0.5) is 4.79 Å². The van der Waals surface area contributed by atoms with Gasteiger partial charge in [-0.25, -0.2) is 13.2 Å². The molecule has 0 aromatic heterocycles. The summed E-state index contributed by atoms with van der Waals surface area (Å²) >= 11 is 0. The third-order valence-electron chi connectivity index (χ3n) is 8.68. The summed E-state index contributed by atoms with van der Waals surface area (Å²) in [6, 6.07) is 5.88. The van der Waals surface area contributed by atoms with Crippen LogP contribution in [0.3, 0.4) is 0 Å². The number of carbonyl (C=O) groups is 2. The molecule has 3 heterocycles. The lowest BCUT2D eigenvalue weighted by molar-refractivity contribution is -0.144. The molecule has 8 nitrogen and oxygen atoms in total. The molecular weight excluding hydrogens is 456 g/mol. The molecule has 1 N–H and O–H groups in total. The maximum absolute atomic E-state index is 14.1. The van der Waals surface area contributed by atoms with Crippen LogP contribution in [-0.4, -0.2) is 72.5 Å². The Hall–Kier alpha value is -2.23. The van der Waals surface area contributed by atoms with Gasteiger partial charge >= 0.3 is 6.09 Å². The number of piperidine rings is 1. The highest BCUT2D eigenvalue weighted by Crippen LogP contribution is 2.64. The average molecular weight is 489 g/mol. The molecule has 9 heteroatoms. The van der Waals surface area contributed by atoms with E-state index in [2.05, 4.69) is 6.58 Å². The smallest absolute Gasteiger partial charge is 0.410 e. The van der Waals surface area contributed by atoms with Gasteiger partial charge in [0.1, 0.15) is 11.8 Å². The zero-order valence-electron chi connectivity index (χ0n) is 19.4. The summed E-state index contributed by atoms with van der Waals surface area (Å²) < 4.78 is 35.2. The molecule has 1 amide bonds. The highest BCUT2D eigenvalue weighted by atomic mass is 32.2. The summed E-state index contributed by atoms with van der Waals surface area (Å²) in [6.07, 6.45) is 4.26. The normalized spacial score (nSPS) is 36.8. The summed E-state index contributed by atoms with van der Waals surface area (Å²) in [6.45, 7) is 5.95. The van der Waals surface area contributed by atoms with E-state index in [1.54, 1.807) is 35.2 Å². The Morgan fingerprint density at radius 3 is 2.68 bits per heavy atom. The summed E-state index contributed by atoms with van der Waals surface area (Å²) in [5.74, 6) is 0.0364. The molecule has 4 fully saturated rings. The van der Waals surface area contributed by atoms with Gasteiger partial charge in [0.15, 0.2) is 6.10 Å². The van der Waals surface area contributed by atoms with Crippen LogP contribution < -0.4 is 0 Å². The first-order valence-corrected chi connectivity index (χ1v) is 13.4. The van der Waals surface area contributed by atoms with E-state index in [-0.39, 0.29) is 23.3 Å². The fourth-order valence-corrected chi connectivity index (χ4v) is 9.22. The van der Waals surface area contributed by atoms with Gasteiger partial charge in [0.25, 0.3) is 0 Å². The minimum atomic E-state index is -3.98. The number of unbranched alkanes of at least 4 members (excludes halogenated alkanes) is 1. The molecule has 1 spiro atoms. The van der Waals surface area contributed by atoms with Crippen LogP contribution in [0.25, 0.3) is 0 Å². The summed E-state index contributed by atoms with van der Waals surface area (Å²) in [5, 5.41) is 10.3. The molecule has 1 aromatic carbocycles. The molecule has 4 aliphatic rings. The maximum Gasteiger partial charge on any atom is 0.410 e. The molecule has 3 aliphatic heterocycles. The Morgan fingerprint density at radius 2 is 2.03 bits per heavy atom. The highest BCUT2D eigenvalue weighted by Gasteiger charge is 2.78. The molecular formula is C25H32N2O6S. The Bertz CT molecular complexity index is 1100. The van der Waals surface area contributed by atoms with Crippen molar-refractivity contribution in [2.24, 2.45) is 17.3 Å². The van der Waals surface area contributed by atoms with Gasteiger partial charge in [0, 0.05) is 18.5 Å². The third kappa shape index (κ3) is 2.99. The number of ether oxygens (including phenoxy) is 1. The van der Waals surface area contributed by atoms with Gasteiger partial charge in [0.2, 0.25) is 10.0 Å². The second-order valence-electron chi connectivity index (χ2n) is 10.3. The molecule has 4 bridgehead atoms. The van der Waals surface area contributed by atoms with Crippen LogP contribution in [0, 0.1) is 24.2 Å². The largest absolute Gasteiger partial charge is 0.441 e. The average Bonchev–Trinajstić information content (AvgIpc) is 3.23. The molecule has 184 valence electrons. The summed E-state index contributed by atoms with van der Waals surface area (Å²) in [7, 11) is -3.98. The molecule has 5 unspecified atom stereocenters. The number of allylic oxidation sites excluding steroid dienone is 1. The first-order valence-electron chi connectivity index (χ1n) is 12.0. The summed E-state index contributed by atoms with van der Waals surface area (Å²) in [5.41, 5.74) is -1.10. The highest BCUT2D eigenvalue weighted by molar-refractivity contribution is 7.89. The van der Waals surface area contributed by atoms with Crippen molar-refractivity contribution in [1.29, 1.82) is 0 Å². The second-order valence-corrected chi connectivity index (χ2v) is 12.2. The topological polar surface area (TPSA) is 104 Å². The lowest BCUT2D eigenvalue weighted by atomic mass is 9.52. The van der Waals surface area contributed by atoms with Crippen LogP contribution in [0.15, 0.2) is 41.8 Å². The quantitative estimate of drug-likeness (QED) is 0.343. The van der Waals surface area contributed by atoms with Crippen molar-refractivity contribution in [3.8, 4) is 0 Å². The van der Waals surface area contributed by atoms with Crippen molar-refractivity contribution in [2.45, 2.75) is 61.6 Å². The minimum absolute atomic E-state index is 0.0296. The number of aryl methyl sites for hydroxylation is 1. The second kappa shape index (κ2) is 8.17. The van der Waals surface area contributed by atoms with Crippen molar-refractivity contribution >= 4 is 22.4 Å². The number of aliphatic hydroxyl groups is 1. The van der Waals surface area contributed by atoms with Crippen LogP contribution >= 0.6 is 0 Å². The number of amides is 1. The Morgan fingerprint density at radius 1 is 1.29 bits per heavy atom. The van der Waals surface area contributed by atoms with E-state index in [0.29, 0.717) is 38.6 Å². The van der Waals surface area contributed by atoms with Gasteiger partial charge in [0.05, 0.1) is 17.5 Å². The monoisotopic (exact) mass is 488 g/mol. The van der Waals surface area contributed by atoms with Gasteiger partial charge < -0.3 is 14.6 Å². The van der Waals surface area contributed by atoms with E-state index in [1.165, 1.54) is 4.31 Å². The maximum atomic E-state index is 14.1. The molecule has 6 atom stereocenters. The fourth-order valence-electron chi connectivity index (χ4n) is 7.47.